The van der Waals surface area contributed by atoms with Crippen LogP contribution in [0.5, 0.6) is 17.4 Å². The number of allylic oxidation sites excluding steroid dienone is 1. The van der Waals surface area contributed by atoms with E-state index in [9.17, 15) is 18.0 Å². The minimum atomic E-state index is -4.47. The highest BCUT2D eigenvalue weighted by atomic mass is 35.5. The first-order valence-electron chi connectivity index (χ1n) is 20.7. The van der Waals surface area contributed by atoms with Gasteiger partial charge in [-0.25, -0.2) is 18.1 Å². The molecule has 2 aromatic heterocycles. The molecule has 3 aromatic carbocycles. The van der Waals surface area contributed by atoms with Crippen molar-refractivity contribution in [3.05, 3.63) is 106 Å². The smallest absolute Gasteiger partial charge is 0.268 e. The maximum absolute atomic E-state index is 13.8. The van der Waals surface area contributed by atoms with Crippen molar-refractivity contribution in [1.82, 2.24) is 35.0 Å². The Balaban J connectivity index is 1.01. The minimum absolute atomic E-state index is 0.0244. The van der Waals surface area contributed by atoms with Gasteiger partial charge in [-0.1, -0.05) is 60.8 Å². The first-order valence-corrected chi connectivity index (χ1v) is 22.9. The van der Waals surface area contributed by atoms with Gasteiger partial charge in [0.1, 0.15) is 34.1 Å². The molecule has 0 spiro atoms. The normalized spacial score (nSPS) is 16.6. The molecule has 334 valence electrons. The third-order valence-electron chi connectivity index (χ3n) is 10.9. The molecule has 7 rings (SSSR count). The molecule has 2 amide bonds. The number of halogens is 2. The van der Waals surface area contributed by atoms with Crippen molar-refractivity contribution in [2.75, 3.05) is 71.9 Å². The number of morpholine rings is 1. The zero-order valence-electron chi connectivity index (χ0n) is 35.7. The quantitative estimate of drug-likeness (QED) is 0.0703. The Morgan fingerprint density at radius 2 is 1.84 bits per heavy atom. The van der Waals surface area contributed by atoms with Gasteiger partial charge >= 0.3 is 0 Å². The lowest BCUT2D eigenvalue weighted by Crippen LogP contribution is -2.49. The number of anilines is 1. The molecule has 1 aliphatic carbocycles. The predicted molar refractivity (Wildman–Crippen MR) is 244 cm³/mol. The van der Waals surface area contributed by atoms with Gasteiger partial charge in [-0.15, -0.1) is 0 Å². The van der Waals surface area contributed by atoms with Crippen LogP contribution in [0.2, 0.25) is 10.0 Å². The Bertz CT molecular complexity index is 2580. The van der Waals surface area contributed by atoms with Crippen LogP contribution in [0.1, 0.15) is 49.0 Å². The summed E-state index contributed by atoms with van der Waals surface area (Å²) in [5.74, 6) is -0.456. The summed E-state index contributed by atoms with van der Waals surface area (Å²) in [5.41, 5.74) is 5.51. The van der Waals surface area contributed by atoms with Crippen LogP contribution in [-0.4, -0.2) is 118 Å². The highest BCUT2D eigenvalue weighted by Gasteiger charge is 2.29. The SMILES string of the molecule is CN(C)CC(=O)N1CCO[C@@H](COc2ncc(S(=O)(=O)NC(=O)c3ccc(NCCNCC4=C(c5ccc(Cl)cc5)CC(C)(C)CC4)cc3Oc3cccc4[nH]ncc34)cc2Cl)C1. The molecule has 5 aromatic rings. The fourth-order valence-electron chi connectivity index (χ4n) is 7.56. The number of sulfonamides is 1. The molecule has 4 N–H and O–H groups in total. The van der Waals surface area contributed by atoms with Gasteiger partial charge < -0.3 is 34.6 Å². The second-order valence-corrected chi connectivity index (χ2v) is 19.2. The van der Waals surface area contributed by atoms with Crippen LogP contribution < -0.4 is 24.8 Å². The summed E-state index contributed by atoms with van der Waals surface area (Å²) < 4.78 is 47.2. The van der Waals surface area contributed by atoms with Gasteiger partial charge in [0.25, 0.3) is 15.9 Å². The number of fused-ring (bicyclic) bond motifs is 1. The highest BCUT2D eigenvalue weighted by Crippen LogP contribution is 2.43. The molecule has 63 heavy (non-hydrogen) atoms. The number of amides is 2. The van der Waals surface area contributed by atoms with E-state index in [4.69, 9.17) is 37.4 Å². The van der Waals surface area contributed by atoms with E-state index in [0.29, 0.717) is 54.6 Å². The van der Waals surface area contributed by atoms with Crippen LogP contribution in [0.15, 0.2) is 89.6 Å². The third kappa shape index (κ3) is 11.9. The predicted octanol–water partition coefficient (Wildman–Crippen LogP) is 7.01. The molecule has 1 saturated heterocycles. The molecule has 2 aliphatic rings. The number of carbonyl (C=O) groups excluding carboxylic acids is 2. The van der Waals surface area contributed by atoms with E-state index >= 15 is 0 Å². The number of hydrogen-bond acceptors (Lipinski definition) is 12. The summed E-state index contributed by atoms with van der Waals surface area (Å²) in [4.78, 5) is 33.6. The van der Waals surface area contributed by atoms with E-state index < -0.39 is 22.0 Å². The Labute approximate surface area is 377 Å². The molecule has 0 unspecified atom stereocenters. The van der Waals surface area contributed by atoms with Gasteiger partial charge in [-0.2, -0.15) is 5.10 Å². The number of nitrogens with zero attached hydrogens (tertiary/aromatic N) is 4. The second kappa shape index (κ2) is 20.1. The number of pyridine rings is 1. The molecular formula is C45H52Cl2N8O7S. The number of benzene rings is 3. The van der Waals surface area contributed by atoms with Crippen LogP contribution >= 0.6 is 23.2 Å². The number of ether oxygens (including phenoxy) is 3. The average molecular weight is 920 g/mol. The van der Waals surface area contributed by atoms with Crippen molar-refractivity contribution in [3.8, 4) is 17.4 Å². The fraction of sp³-hybridized carbons (Fsp3) is 0.378. The Morgan fingerprint density at radius 1 is 1.03 bits per heavy atom. The van der Waals surface area contributed by atoms with Gasteiger partial charge in [0.2, 0.25) is 11.8 Å². The number of hydrogen-bond donors (Lipinski definition) is 4. The van der Waals surface area contributed by atoms with Crippen LogP contribution in [0.25, 0.3) is 16.5 Å². The molecule has 1 atom stereocenters. The summed E-state index contributed by atoms with van der Waals surface area (Å²) >= 11 is 12.6. The summed E-state index contributed by atoms with van der Waals surface area (Å²) in [5, 5.41) is 15.3. The summed E-state index contributed by atoms with van der Waals surface area (Å²) in [7, 11) is -0.827. The van der Waals surface area contributed by atoms with Gasteiger partial charge in [0.15, 0.2) is 0 Å². The topological polar surface area (TPSA) is 180 Å². The number of aromatic amines is 1. The molecule has 0 bridgehead atoms. The molecule has 3 heterocycles. The van der Waals surface area contributed by atoms with Gasteiger partial charge in [0, 0.05) is 43.0 Å². The van der Waals surface area contributed by atoms with Crippen LogP contribution in [0, 0.1) is 5.41 Å². The molecule has 1 aliphatic heterocycles. The molecule has 0 radical (unpaired) electrons. The zero-order valence-corrected chi connectivity index (χ0v) is 38.0. The monoisotopic (exact) mass is 918 g/mol. The van der Waals surface area contributed by atoms with Crippen molar-refractivity contribution in [1.29, 1.82) is 0 Å². The lowest BCUT2D eigenvalue weighted by molar-refractivity contribution is -0.140. The summed E-state index contributed by atoms with van der Waals surface area (Å²) in [6.07, 6.45) is 5.33. The Hall–Kier alpha value is -5.23. The van der Waals surface area contributed by atoms with E-state index in [1.807, 2.05) is 32.3 Å². The molecular weight excluding hydrogens is 868 g/mol. The first-order chi connectivity index (χ1) is 30.1. The van der Waals surface area contributed by atoms with Crippen molar-refractivity contribution < 1.29 is 32.2 Å². The molecule has 15 nitrogen and oxygen atoms in total. The number of H-pyrrole nitrogens is 1. The lowest BCUT2D eigenvalue weighted by atomic mass is 9.72. The Kier molecular flexibility index (Phi) is 14.6. The highest BCUT2D eigenvalue weighted by molar-refractivity contribution is 7.90. The average Bonchev–Trinajstić information content (AvgIpc) is 3.74. The van der Waals surface area contributed by atoms with E-state index in [1.54, 1.807) is 40.3 Å². The minimum Gasteiger partial charge on any atom is -0.474 e. The zero-order chi connectivity index (χ0) is 44.7. The summed E-state index contributed by atoms with van der Waals surface area (Å²) in [6.45, 7) is 8.02. The first kappa shape index (κ1) is 45.8. The number of rotatable bonds is 17. The van der Waals surface area contributed by atoms with Gasteiger partial charge in [-0.05, 0) is 92.4 Å². The van der Waals surface area contributed by atoms with Crippen LogP contribution in [-0.2, 0) is 19.6 Å². The lowest BCUT2D eigenvalue weighted by Gasteiger charge is -2.34. The standard InChI is InChI=1S/C45H52Cl2N8O7S/c1-45(2)15-14-30(36(22-45)29-8-10-31(46)11-9-29)23-48-16-17-49-32-12-13-35(41(20-32)62-40-7-5-6-39-37(40)25-51-52-39)43(57)53-63(58,59)34-21-38(47)44(50-24-34)61-28-33-26-55(18-19-60-33)42(56)27-54(3)4/h5-13,20-21,24-25,33,48-49H,14-19,22-23,26-28H2,1-4H3,(H,51,52)(H,53,57)/t33-/m1/s1. The van der Waals surface area contributed by atoms with E-state index in [1.165, 1.54) is 22.8 Å². The van der Waals surface area contributed by atoms with Gasteiger partial charge in [0.05, 0.1) is 48.6 Å². The van der Waals surface area contributed by atoms with Crippen molar-refractivity contribution in [2.24, 2.45) is 5.41 Å². The van der Waals surface area contributed by atoms with E-state index in [2.05, 4.69) is 56.5 Å². The van der Waals surface area contributed by atoms with Crippen LogP contribution in [0.3, 0.4) is 0 Å². The number of nitrogens with one attached hydrogen (secondary N) is 4. The van der Waals surface area contributed by atoms with Gasteiger partial charge in [-0.3, -0.25) is 14.7 Å². The maximum Gasteiger partial charge on any atom is 0.268 e. The van der Waals surface area contributed by atoms with E-state index in [0.717, 1.165) is 43.6 Å². The number of carbonyl (C=O) groups is 2. The molecule has 1 fully saturated rings. The maximum atomic E-state index is 13.8. The van der Waals surface area contributed by atoms with Crippen molar-refractivity contribution in [2.45, 2.75) is 44.1 Å². The molecule has 18 heteroatoms. The fourth-order valence-corrected chi connectivity index (χ4v) is 8.91. The van der Waals surface area contributed by atoms with Crippen LogP contribution in [0.4, 0.5) is 5.69 Å². The van der Waals surface area contributed by atoms with Crippen molar-refractivity contribution in [3.63, 3.8) is 0 Å². The number of aromatic nitrogens is 3. The number of likely N-dealkylation sites (N-methyl/N-ethyl adjacent to an activating group) is 1. The summed E-state index contributed by atoms with van der Waals surface area (Å²) in [6, 6.07) is 19.4. The Morgan fingerprint density at radius 3 is 2.62 bits per heavy atom. The van der Waals surface area contributed by atoms with E-state index in [-0.39, 0.29) is 51.6 Å². The third-order valence-corrected chi connectivity index (χ3v) is 12.7. The molecule has 0 saturated carbocycles. The largest absolute Gasteiger partial charge is 0.474 e. The second-order valence-electron chi connectivity index (χ2n) is 16.7. The van der Waals surface area contributed by atoms with Crippen molar-refractivity contribution >= 4 is 67.2 Å².